The molecule has 0 radical (unpaired) electrons. The molecule has 156 valence electrons. The third kappa shape index (κ3) is 4.22. The summed E-state index contributed by atoms with van der Waals surface area (Å²) in [5, 5.41) is 17.0. The van der Waals surface area contributed by atoms with E-state index < -0.39 is 0 Å². The molecule has 1 N–H and O–H groups in total. The van der Waals surface area contributed by atoms with E-state index in [1.54, 1.807) is 12.1 Å². The first-order valence-corrected chi connectivity index (χ1v) is 10.4. The topological polar surface area (TPSA) is 84.0 Å². The molecule has 30 heavy (non-hydrogen) atoms. The quantitative estimate of drug-likeness (QED) is 0.621. The van der Waals surface area contributed by atoms with Gasteiger partial charge in [-0.2, -0.15) is 10.2 Å². The summed E-state index contributed by atoms with van der Waals surface area (Å²) < 4.78 is 11.2. The van der Waals surface area contributed by atoms with Crippen molar-refractivity contribution in [3.05, 3.63) is 53.1 Å². The van der Waals surface area contributed by atoms with Crippen molar-refractivity contribution in [1.29, 1.82) is 5.26 Å². The highest BCUT2D eigenvalue weighted by Gasteiger charge is 2.25. The van der Waals surface area contributed by atoms with Gasteiger partial charge in [-0.15, -0.1) is 0 Å². The van der Waals surface area contributed by atoms with Gasteiger partial charge in [0.05, 0.1) is 11.7 Å². The van der Waals surface area contributed by atoms with E-state index >= 15 is 0 Å². The lowest BCUT2D eigenvalue weighted by Crippen LogP contribution is -2.12. The Balaban J connectivity index is 0.00000124. The molecule has 4 rings (SSSR count). The Labute approximate surface area is 177 Å². The first-order chi connectivity index (χ1) is 14.6. The van der Waals surface area contributed by atoms with E-state index in [0.717, 1.165) is 18.4 Å². The zero-order valence-corrected chi connectivity index (χ0v) is 18.2. The number of aromatic nitrogens is 2. The zero-order chi connectivity index (χ0) is 21.7. The molecule has 1 atom stereocenters. The van der Waals surface area contributed by atoms with Gasteiger partial charge in [0, 0.05) is 17.2 Å². The molecule has 0 amide bonds. The molecule has 1 aromatic heterocycles. The summed E-state index contributed by atoms with van der Waals surface area (Å²) in [6.45, 7) is 7.85. The molecule has 1 aliphatic rings. The number of hydrogen-bond acceptors (Lipinski definition) is 6. The number of benzene rings is 2. The largest absolute Gasteiger partial charge is 0.490 e. The maximum absolute atomic E-state index is 9.44. The smallest absolute Gasteiger partial charge is 0.258 e. The highest BCUT2D eigenvalue weighted by molar-refractivity contribution is 5.67. The molecule has 6 heteroatoms. The van der Waals surface area contributed by atoms with E-state index in [-0.39, 0.29) is 6.10 Å². The zero-order valence-electron chi connectivity index (χ0n) is 18.2. The van der Waals surface area contributed by atoms with Crippen LogP contribution < -0.4 is 10.1 Å². The fourth-order valence-electron chi connectivity index (χ4n) is 3.72. The molecule has 0 fully saturated rings. The van der Waals surface area contributed by atoms with Crippen LogP contribution >= 0.6 is 0 Å². The first kappa shape index (κ1) is 21.5. The minimum atomic E-state index is -0.00503. The second-order valence-corrected chi connectivity index (χ2v) is 7.17. The van der Waals surface area contributed by atoms with Crippen molar-refractivity contribution >= 4 is 0 Å². The van der Waals surface area contributed by atoms with Crippen LogP contribution in [0.2, 0.25) is 0 Å². The van der Waals surface area contributed by atoms with Gasteiger partial charge in [-0.3, -0.25) is 0 Å². The van der Waals surface area contributed by atoms with Crippen molar-refractivity contribution in [1.82, 2.24) is 15.5 Å². The van der Waals surface area contributed by atoms with Gasteiger partial charge in [-0.1, -0.05) is 37.2 Å². The van der Waals surface area contributed by atoms with Crippen LogP contribution in [0.5, 0.6) is 5.75 Å². The molecule has 2 aromatic carbocycles. The highest BCUT2D eigenvalue weighted by atomic mass is 16.5. The van der Waals surface area contributed by atoms with Gasteiger partial charge in [-0.05, 0) is 63.1 Å². The molecule has 0 bridgehead atoms. The number of rotatable bonds is 5. The molecule has 0 saturated heterocycles. The van der Waals surface area contributed by atoms with Crippen molar-refractivity contribution in [2.75, 3.05) is 7.05 Å². The minimum absolute atomic E-state index is 0.00503. The van der Waals surface area contributed by atoms with Crippen LogP contribution in [0.25, 0.3) is 22.8 Å². The van der Waals surface area contributed by atoms with Crippen LogP contribution in [0.4, 0.5) is 0 Å². The van der Waals surface area contributed by atoms with Crippen LogP contribution in [-0.2, 0) is 6.42 Å². The van der Waals surface area contributed by atoms with E-state index in [0.29, 0.717) is 34.6 Å². The second-order valence-electron chi connectivity index (χ2n) is 7.17. The van der Waals surface area contributed by atoms with Gasteiger partial charge in [-0.25, -0.2) is 0 Å². The number of nitrogens with zero attached hydrogens (tertiary/aromatic N) is 3. The summed E-state index contributed by atoms with van der Waals surface area (Å²) in [5.74, 6) is 1.52. The number of nitriles is 1. The summed E-state index contributed by atoms with van der Waals surface area (Å²) in [4.78, 5) is 4.60. The number of ether oxygens (including phenoxy) is 1. The lowest BCUT2D eigenvalue weighted by molar-refractivity contribution is 0.242. The third-order valence-electron chi connectivity index (χ3n) is 5.00. The molecular weight excluding hydrogens is 376 g/mol. The van der Waals surface area contributed by atoms with Gasteiger partial charge in [0.15, 0.2) is 0 Å². The van der Waals surface area contributed by atoms with Crippen molar-refractivity contribution in [2.24, 2.45) is 0 Å². The predicted octanol–water partition coefficient (Wildman–Crippen LogP) is 5.30. The Morgan fingerprint density at radius 1 is 1.23 bits per heavy atom. The maximum atomic E-state index is 9.44. The van der Waals surface area contributed by atoms with E-state index in [1.807, 2.05) is 52.9 Å². The SMILES string of the molecule is CC.CNC1CCc2c(-c3noc(-c4ccc(OC(C)C)c(C#N)c4)n3)cccc21. The Morgan fingerprint density at radius 2 is 2.03 bits per heavy atom. The van der Waals surface area contributed by atoms with Crippen LogP contribution in [0.3, 0.4) is 0 Å². The fraction of sp³-hybridized carbons (Fsp3) is 0.375. The van der Waals surface area contributed by atoms with Crippen LogP contribution in [0.15, 0.2) is 40.9 Å². The summed E-state index contributed by atoms with van der Waals surface area (Å²) in [6.07, 6.45) is 2.05. The van der Waals surface area contributed by atoms with Crippen LogP contribution in [0.1, 0.15) is 56.8 Å². The Hall–Kier alpha value is -3.17. The minimum Gasteiger partial charge on any atom is -0.490 e. The van der Waals surface area contributed by atoms with E-state index in [1.165, 1.54) is 11.1 Å². The van der Waals surface area contributed by atoms with E-state index in [9.17, 15) is 5.26 Å². The number of fused-ring (bicyclic) bond motifs is 1. The Kier molecular flexibility index (Phi) is 6.86. The number of hydrogen-bond donors (Lipinski definition) is 1. The average Bonchev–Trinajstić information content (AvgIpc) is 3.42. The van der Waals surface area contributed by atoms with E-state index in [2.05, 4.69) is 27.6 Å². The molecule has 0 spiro atoms. The summed E-state index contributed by atoms with van der Waals surface area (Å²) in [5.41, 5.74) is 4.72. The molecule has 0 saturated carbocycles. The fourth-order valence-corrected chi connectivity index (χ4v) is 3.72. The van der Waals surface area contributed by atoms with Gasteiger partial charge < -0.3 is 14.6 Å². The molecule has 3 aromatic rings. The van der Waals surface area contributed by atoms with E-state index in [4.69, 9.17) is 9.26 Å². The van der Waals surface area contributed by atoms with Crippen molar-refractivity contribution in [3.63, 3.8) is 0 Å². The third-order valence-corrected chi connectivity index (χ3v) is 5.00. The standard InChI is InChI=1S/C22H22N4O2.C2H6/c1-13(2)27-20-10-7-14(11-15(20)12-23)22-25-21(26-28-22)18-6-4-5-17-16(18)8-9-19(17)24-3;1-2/h4-7,10-11,13,19,24H,8-9H2,1-3H3;1-2H3. The maximum Gasteiger partial charge on any atom is 0.258 e. The average molecular weight is 405 g/mol. The van der Waals surface area contributed by atoms with Crippen molar-refractivity contribution in [3.8, 4) is 34.7 Å². The lowest BCUT2D eigenvalue weighted by Gasteiger charge is -2.11. The summed E-state index contributed by atoms with van der Waals surface area (Å²) in [6, 6.07) is 14.1. The Morgan fingerprint density at radius 3 is 2.73 bits per heavy atom. The lowest BCUT2D eigenvalue weighted by atomic mass is 10.0. The van der Waals surface area contributed by atoms with Crippen molar-refractivity contribution < 1.29 is 9.26 Å². The molecule has 1 unspecified atom stereocenters. The number of nitrogens with one attached hydrogen (secondary N) is 1. The second kappa shape index (κ2) is 9.55. The first-order valence-electron chi connectivity index (χ1n) is 10.4. The van der Waals surface area contributed by atoms with Crippen LogP contribution in [0, 0.1) is 11.3 Å². The van der Waals surface area contributed by atoms with Crippen molar-refractivity contribution in [2.45, 2.75) is 52.7 Å². The normalized spacial score (nSPS) is 14.6. The van der Waals surface area contributed by atoms with Crippen LogP contribution in [-0.4, -0.2) is 23.3 Å². The predicted molar refractivity (Wildman–Crippen MR) is 117 cm³/mol. The van der Waals surface area contributed by atoms with Gasteiger partial charge >= 0.3 is 0 Å². The Bertz CT molecular complexity index is 1050. The van der Waals surface area contributed by atoms with Gasteiger partial charge in [0.1, 0.15) is 11.8 Å². The summed E-state index contributed by atoms with van der Waals surface area (Å²) in [7, 11) is 1.98. The van der Waals surface area contributed by atoms with Gasteiger partial charge in [0.2, 0.25) is 5.82 Å². The highest BCUT2D eigenvalue weighted by Crippen LogP contribution is 2.37. The van der Waals surface area contributed by atoms with Gasteiger partial charge in [0.25, 0.3) is 5.89 Å². The molecule has 1 aliphatic carbocycles. The monoisotopic (exact) mass is 404 g/mol. The molecule has 1 heterocycles. The molecule has 6 nitrogen and oxygen atoms in total. The summed E-state index contributed by atoms with van der Waals surface area (Å²) >= 11 is 0. The molecule has 0 aliphatic heterocycles. The molecular formula is C24H28N4O2.